The van der Waals surface area contributed by atoms with E-state index in [0.29, 0.717) is 0 Å². The lowest BCUT2D eigenvalue weighted by atomic mass is 10.1. The molecule has 4 nitrogen and oxygen atoms in total. The molecule has 1 atom stereocenters. The van der Waals surface area contributed by atoms with Gasteiger partial charge < -0.3 is 5.73 Å². The molecule has 2 aromatic heterocycles. The van der Waals surface area contributed by atoms with E-state index in [1.54, 1.807) is 6.20 Å². The summed E-state index contributed by atoms with van der Waals surface area (Å²) in [5, 5.41) is 9.92. The molecule has 0 radical (unpaired) electrons. The molecule has 100 valence electrons. The fourth-order valence-electron chi connectivity index (χ4n) is 1.77. The van der Waals surface area contributed by atoms with Crippen LogP contribution in [0.1, 0.15) is 16.6 Å². The van der Waals surface area contributed by atoms with E-state index < -0.39 is 0 Å². The van der Waals surface area contributed by atoms with Crippen LogP contribution in [0, 0.1) is 0 Å². The zero-order valence-corrected chi connectivity index (χ0v) is 12.8. The molecular weight excluding hydrogens is 336 g/mol. The molecule has 3 aromatic rings. The molecule has 0 amide bonds. The van der Waals surface area contributed by atoms with Gasteiger partial charge in [0.2, 0.25) is 0 Å². The van der Waals surface area contributed by atoms with Gasteiger partial charge in [0.1, 0.15) is 10.7 Å². The van der Waals surface area contributed by atoms with E-state index in [1.807, 2.05) is 42.5 Å². The molecule has 2 N–H and O–H groups in total. The zero-order valence-electron chi connectivity index (χ0n) is 10.4. The summed E-state index contributed by atoms with van der Waals surface area (Å²) in [5.41, 5.74) is 8.04. The first kappa shape index (κ1) is 13.4. The zero-order chi connectivity index (χ0) is 13.9. The third-order valence-corrected chi connectivity index (χ3v) is 4.31. The molecule has 1 aromatic carbocycles. The quantitative estimate of drug-likeness (QED) is 0.789. The molecule has 0 bridgehead atoms. The normalized spacial score (nSPS) is 12.3. The standard InChI is InChI=1S/C14H11BrN4S/c15-10-6-7-11(17-8-10)13-18-19-14(20-13)12(16)9-4-2-1-3-5-9/h1-8,12H,16H2. The smallest absolute Gasteiger partial charge is 0.166 e. The number of hydrogen-bond donors (Lipinski definition) is 1. The van der Waals surface area contributed by atoms with Gasteiger partial charge in [-0.3, -0.25) is 4.98 Å². The summed E-state index contributed by atoms with van der Waals surface area (Å²) in [7, 11) is 0. The minimum atomic E-state index is -0.252. The fraction of sp³-hybridized carbons (Fsp3) is 0.0714. The van der Waals surface area contributed by atoms with E-state index in [9.17, 15) is 0 Å². The van der Waals surface area contributed by atoms with Crippen LogP contribution in [-0.4, -0.2) is 15.2 Å². The Morgan fingerprint density at radius 2 is 1.85 bits per heavy atom. The van der Waals surface area contributed by atoms with Crippen molar-refractivity contribution in [2.24, 2.45) is 5.73 Å². The predicted molar refractivity (Wildman–Crippen MR) is 83.3 cm³/mol. The second-order valence-electron chi connectivity index (χ2n) is 4.20. The predicted octanol–water partition coefficient (Wildman–Crippen LogP) is 3.41. The van der Waals surface area contributed by atoms with Crippen molar-refractivity contribution in [1.82, 2.24) is 15.2 Å². The van der Waals surface area contributed by atoms with Gasteiger partial charge in [-0.1, -0.05) is 41.7 Å². The van der Waals surface area contributed by atoms with Crippen molar-refractivity contribution in [3.8, 4) is 10.7 Å². The van der Waals surface area contributed by atoms with Crippen LogP contribution in [0.5, 0.6) is 0 Å². The van der Waals surface area contributed by atoms with Gasteiger partial charge in [0, 0.05) is 10.7 Å². The molecule has 0 saturated carbocycles. The summed E-state index contributed by atoms with van der Waals surface area (Å²) < 4.78 is 0.937. The van der Waals surface area contributed by atoms with Crippen molar-refractivity contribution in [1.29, 1.82) is 0 Å². The first-order valence-corrected chi connectivity index (χ1v) is 7.61. The average Bonchev–Trinajstić information content (AvgIpc) is 2.98. The molecule has 0 aliphatic heterocycles. The molecule has 20 heavy (non-hydrogen) atoms. The van der Waals surface area contributed by atoms with Gasteiger partial charge in [0.15, 0.2) is 5.01 Å². The van der Waals surface area contributed by atoms with Crippen LogP contribution in [0.25, 0.3) is 10.7 Å². The van der Waals surface area contributed by atoms with E-state index in [0.717, 1.165) is 25.7 Å². The van der Waals surface area contributed by atoms with Gasteiger partial charge in [-0.05, 0) is 33.6 Å². The summed E-state index contributed by atoms with van der Waals surface area (Å²) >= 11 is 4.83. The number of pyridine rings is 1. The first-order chi connectivity index (χ1) is 9.74. The van der Waals surface area contributed by atoms with Crippen LogP contribution in [0.4, 0.5) is 0 Å². The third kappa shape index (κ3) is 2.77. The monoisotopic (exact) mass is 346 g/mol. The number of nitrogens with two attached hydrogens (primary N) is 1. The maximum Gasteiger partial charge on any atom is 0.166 e. The summed E-state index contributed by atoms with van der Waals surface area (Å²) in [6.45, 7) is 0. The second-order valence-corrected chi connectivity index (χ2v) is 6.12. The van der Waals surface area contributed by atoms with Gasteiger partial charge >= 0.3 is 0 Å². The lowest BCUT2D eigenvalue weighted by molar-refractivity contribution is 0.830. The number of nitrogens with zero attached hydrogens (tertiary/aromatic N) is 3. The Labute approximate surface area is 128 Å². The minimum absolute atomic E-state index is 0.252. The summed E-state index contributed by atoms with van der Waals surface area (Å²) in [5.74, 6) is 0. The third-order valence-electron chi connectivity index (χ3n) is 2.81. The lowest BCUT2D eigenvalue weighted by Gasteiger charge is -2.06. The Balaban J connectivity index is 1.89. The van der Waals surface area contributed by atoms with Crippen LogP contribution in [0.3, 0.4) is 0 Å². The van der Waals surface area contributed by atoms with Gasteiger partial charge in [-0.25, -0.2) is 0 Å². The molecule has 0 aliphatic rings. The molecule has 0 saturated heterocycles. The Morgan fingerprint density at radius 1 is 1.05 bits per heavy atom. The summed E-state index contributed by atoms with van der Waals surface area (Å²) in [6.07, 6.45) is 1.74. The first-order valence-electron chi connectivity index (χ1n) is 6.00. The second kappa shape index (κ2) is 5.78. The molecule has 6 heteroatoms. The molecule has 1 unspecified atom stereocenters. The highest BCUT2D eigenvalue weighted by Gasteiger charge is 2.15. The minimum Gasteiger partial charge on any atom is -0.318 e. The van der Waals surface area contributed by atoms with Crippen molar-refractivity contribution in [2.45, 2.75) is 6.04 Å². The van der Waals surface area contributed by atoms with Crippen LogP contribution >= 0.6 is 27.3 Å². The summed E-state index contributed by atoms with van der Waals surface area (Å²) in [4.78, 5) is 4.31. The molecule has 0 fully saturated rings. The molecule has 0 aliphatic carbocycles. The maximum absolute atomic E-state index is 6.21. The molecule has 3 rings (SSSR count). The van der Waals surface area contributed by atoms with E-state index >= 15 is 0 Å². The maximum atomic E-state index is 6.21. The largest absolute Gasteiger partial charge is 0.318 e. The fourth-order valence-corrected chi connectivity index (χ4v) is 2.85. The molecule has 0 spiro atoms. The number of benzene rings is 1. The van der Waals surface area contributed by atoms with Crippen molar-refractivity contribution in [2.75, 3.05) is 0 Å². The highest BCUT2D eigenvalue weighted by molar-refractivity contribution is 9.10. The Morgan fingerprint density at radius 3 is 2.55 bits per heavy atom. The molecule has 2 heterocycles. The topological polar surface area (TPSA) is 64.7 Å². The van der Waals surface area contributed by atoms with Crippen molar-refractivity contribution >= 4 is 27.3 Å². The SMILES string of the molecule is NC(c1ccccc1)c1nnc(-c2ccc(Br)cn2)s1. The highest BCUT2D eigenvalue weighted by Crippen LogP contribution is 2.28. The number of halogens is 1. The van der Waals surface area contributed by atoms with Crippen molar-refractivity contribution < 1.29 is 0 Å². The summed E-state index contributed by atoms with van der Waals surface area (Å²) in [6, 6.07) is 13.5. The number of aromatic nitrogens is 3. The van der Waals surface area contributed by atoms with E-state index in [4.69, 9.17) is 5.73 Å². The number of hydrogen-bond acceptors (Lipinski definition) is 5. The van der Waals surface area contributed by atoms with Gasteiger partial charge in [0.05, 0.1) is 6.04 Å². The van der Waals surface area contributed by atoms with Gasteiger partial charge in [0.25, 0.3) is 0 Å². The van der Waals surface area contributed by atoms with Gasteiger partial charge in [-0.2, -0.15) is 0 Å². The lowest BCUT2D eigenvalue weighted by Crippen LogP contribution is -2.11. The van der Waals surface area contributed by atoms with E-state index in [-0.39, 0.29) is 6.04 Å². The Bertz CT molecular complexity index is 697. The number of rotatable bonds is 3. The highest BCUT2D eigenvalue weighted by atomic mass is 79.9. The van der Waals surface area contributed by atoms with Crippen molar-refractivity contribution in [3.63, 3.8) is 0 Å². The Hall–Kier alpha value is -1.63. The van der Waals surface area contributed by atoms with E-state index in [2.05, 4.69) is 31.1 Å². The average molecular weight is 347 g/mol. The Kier molecular flexibility index (Phi) is 3.86. The van der Waals surface area contributed by atoms with Crippen molar-refractivity contribution in [3.05, 3.63) is 63.7 Å². The van der Waals surface area contributed by atoms with Crippen LogP contribution in [-0.2, 0) is 0 Å². The van der Waals surface area contributed by atoms with Crippen LogP contribution < -0.4 is 5.73 Å². The van der Waals surface area contributed by atoms with Gasteiger partial charge in [-0.15, -0.1) is 10.2 Å². The van der Waals surface area contributed by atoms with E-state index in [1.165, 1.54) is 11.3 Å². The van der Waals surface area contributed by atoms with Crippen LogP contribution in [0.15, 0.2) is 53.1 Å². The van der Waals surface area contributed by atoms with Crippen LogP contribution in [0.2, 0.25) is 0 Å². The molecular formula is C14H11BrN4S.